The van der Waals surface area contributed by atoms with Crippen LogP contribution in [-0.2, 0) is 13.6 Å². The first kappa shape index (κ1) is 6.79. The third kappa shape index (κ3) is 0.835. The van der Waals surface area contributed by atoms with E-state index >= 15 is 0 Å². The van der Waals surface area contributed by atoms with Crippen molar-refractivity contribution in [3.05, 3.63) is 0 Å². The number of epoxide rings is 1. The minimum Gasteiger partial charge on any atom is -0.397 e. The highest BCUT2D eigenvalue weighted by atomic mass is 28.4. The third-order valence-corrected chi connectivity index (χ3v) is 5.99. The topological polar surface area (TPSA) is 31.0 Å². The molecule has 58 valence electrons. The molecular weight excluding hydrogens is 148 g/mol. The maximum absolute atomic E-state index is 5.39. The van der Waals surface area contributed by atoms with Gasteiger partial charge in [0.15, 0.2) is 0 Å². The Morgan fingerprint density at radius 1 is 1.20 bits per heavy atom. The molecule has 4 heteroatoms. The zero-order valence-electron chi connectivity index (χ0n) is 6.29. The summed E-state index contributed by atoms with van der Waals surface area (Å²) in [4.78, 5) is 0. The van der Waals surface area contributed by atoms with Crippen LogP contribution in [0, 0.1) is 0 Å². The van der Waals surface area contributed by atoms with Gasteiger partial charge in [-0.1, -0.05) is 0 Å². The van der Waals surface area contributed by atoms with Crippen molar-refractivity contribution < 1.29 is 13.6 Å². The Morgan fingerprint density at radius 3 is 2.00 bits per heavy atom. The van der Waals surface area contributed by atoms with Gasteiger partial charge in [-0.15, -0.1) is 0 Å². The molecule has 0 aromatic rings. The van der Waals surface area contributed by atoms with E-state index in [1.54, 1.807) is 14.2 Å². The fourth-order valence-corrected chi connectivity index (χ4v) is 4.60. The van der Waals surface area contributed by atoms with Crippen molar-refractivity contribution in [2.45, 2.75) is 24.3 Å². The molecule has 0 spiro atoms. The van der Waals surface area contributed by atoms with Crippen molar-refractivity contribution >= 4 is 8.56 Å². The van der Waals surface area contributed by atoms with Crippen LogP contribution >= 0.6 is 0 Å². The van der Waals surface area contributed by atoms with E-state index in [9.17, 15) is 0 Å². The molecule has 10 heavy (non-hydrogen) atoms. The highest BCUT2D eigenvalue weighted by molar-refractivity contribution is 6.68. The Balaban J connectivity index is 2.02. The van der Waals surface area contributed by atoms with Gasteiger partial charge in [-0.25, -0.2) is 0 Å². The number of hydrogen-bond acceptors (Lipinski definition) is 3. The lowest BCUT2D eigenvalue weighted by Gasteiger charge is -2.22. The molecule has 2 fully saturated rings. The van der Waals surface area contributed by atoms with Crippen molar-refractivity contribution in [2.24, 2.45) is 0 Å². The molecule has 2 unspecified atom stereocenters. The molecule has 2 rings (SSSR count). The van der Waals surface area contributed by atoms with E-state index in [1.165, 1.54) is 0 Å². The number of hydrogen-bond donors (Lipinski definition) is 0. The van der Waals surface area contributed by atoms with Gasteiger partial charge in [0.1, 0.15) is 0 Å². The first-order valence-electron chi connectivity index (χ1n) is 3.55. The molecule has 2 aliphatic heterocycles. The van der Waals surface area contributed by atoms with Gasteiger partial charge in [0.05, 0.1) is 12.2 Å². The standard InChI is InChI=1S/C6H12O3Si/c1-7-10(8-2)3-5-6(4-10)9-5/h5-6H,3-4H2,1-2H3. The van der Waals surface area contributed by atoms with Crippen LogP contribution in [-0.4, -0.2) is 35.0 Å². The second-order valence-corrected chi connectivity index (χ2v) is 6.39. The Labute approximate surface area is 61.5 Å². The van der Waals surface area contributed by atoms with E-state index in [4.69, 9.17) is 13.6 Å². The van der Waals surface area contributed by atoms with Crippen LogP contribution in [0.25, 0.3) is 0 Å². The van der Waals surface area contributed by atoms with Crippen LogP contribution in [0.3, 0.4) is 0 Å². The SMILES string of the molecule is CO[Si]1(OC)CC2OC2C1. The monoisotopic (exact) mass is 160 g/mol. The summed E-state index contributed by atoms with van der Waals surface area (Å²) in [5.41, 5.74) is 0. The van der Waals surface area contributed by atoms with E-state index in [2.05, 4.69) is 0 Å². The summed E-state index contributed by atoms with van der Waals surface area (Å²) in [7, 11) is 1.78. The Bertz CT molecular complexity index is 134. The molecule has 0 N–H and O–H groups in total. The molecule has 0 saturated carbocycles. The molecule has 0 aromatic carbocycles. The average molecular weight is 160 g/mol. The molecule has 0 bridgehead atoms. The molecule has 3 nitrogen and oxygen atoms in total. The predicted molar refractivity (Wildman–Crippen MR) is 38.0 cm³/mol. The first-order valence-corrected chi connectivity index (χ1v) is 5.78. The summed E-state index contributed by atoms with van der Waals surface area (Å²) in [5, 5.41) is 0. The van der Waals surface area contributed by atoms with Gasteiger partial charge in [0, 0.05) is 26.3 Å². The lowest BCUT2D eigenvalue weighted by Crippen LogP contribution is -2.38. The minimum absolute atomic E-state index is 0.478. The Morgan fingerprint density at radius 2 is 1.70 bits per heavy atom. The summed E-state index contributed by atoms with van der Waals surface area (Å²) in [5.74, 6) is 0. The molecule has 2 saturated heterocycles. The smallest absolute Gasteiger partial charge is 0.343 e. The van der Waals surface area contributed by atoms with Crippen LogP contribution in [0.1, 0.15) is 0 Å². The summed E-state index contributed by atoms with van der Waals surface area (Å²) >= 11 is 0. The van der Waals surface area contributed by atoms with Crippen LogP contribution in [0.15, 0.2) is 0 Å². The van der Waals surface area contributed by atoms with Crippen molar-refractivity contribution in [3.63, 3.8) is 0 Å². The van der Waals surface area contributed by atoms with E-state index < -0.39 is 8.56 Å². The van der Waals surface area contributed by atoms with E-state index in [-0.39, 0.29) is 0 Å². The molecule has 2 atom stereocenters. The second kappa shape index (κ2) is 2.04. The Kier molecular flexibility index (Phi) is 1.38. The van der Waals surface area contributed by atoms with Crippen LogP contribution in [0.4, 0.5) is 0 Å². The van der Waals surface area contributed by atoms with E-state index in [1.807, 2.05) is 0 Å². The lowest BCUT2D eigenvalue weighted by molar-refractivity contribution is 0.225. The number of rotatable bonds is 2. The van der Waals surface area contributed by atoms with Crippen LogP contribution in [0.2, 0.25) is 12.1 Å². The average Bonchev–Trinajstić information content (AvgIpc) is 2.60. The summed E-state index contributed by atoms with van der Waals surface area (Å²) in [6, 6.07) is 2.06. The van der Waals surface area contributed by atoms with Gasteiger partial charge in [-0.3, -0.25) is 0 Å². The molecule has 0 amide bonds. The van der Waals surface area contributed by atoms with Gasteiger partial charge in [-0.05, 0) is 0 Å². The van der Waals surface area contributed by atoms with Crippen molar-refractivity contribution in [3.8, 4) is 0 Å². The van der Waals surface area contributed by atoms with Crippen molar-refractivity contribution in [1.29, 1.82) is 0 Å². The van der Waals surface area contributed by atoms with Gasteiger partial charge in [0.2, 0.25) is 0 Å². The molecule has 0 radical (unpaired) electrons. The highest BCUT2D eigenvalue weighted by Crippen LogP contribution is 2.45. The molecule has 2 heterocycles. The molecule has 2 aliphatic rings. The zero-order valence-corrected chi connectivity index (χ0v) is 7.29. The van der Waals surface area contributed by atoms with Crippen LogP contribution in [0.5, 0.6) is 0 Å². The summed E-state index contributed by atoms with van der Waals surface area (Å²) in [6.07, 6.45) is 0.957. The van der Waals surface area contributed by atoms with Gasteiger partial charge < -0.3 is 13.6 Å². The molecule has 0 aromatic heterocycles. The van der Waals surface area contributed by atoms with E-state index in [0.717, 1.165) is 12.1 Å². The zero-order chi connectivity index (χ0) is 7.19. The number of ether oxygens (including phenoxy) is 1. The lowest BCUT2D eigenvalue weighted by atomic mass is 10.4. The number of fused-ring (bicyclic) bond motifs is 1. The first-order chi connectivity index (χ1) is 4.79. The molecular formula is C6H12O3Si. The second-order valence-electron chi connectivity index (χ2n) is 2.94. The normalized spacial score (nSPS) is 41.4. The third-order valence-electron chi connectivity index (χ3n) is 2.46. The largest absolute Gasteiger partial charge is 0.397 e. The van der Waals surface area contributed by atoms with Gasteiger partial charge in [-0.2, -0.15) is 0 Å². The van der Waals surface area contributed by atoms with Crippen molar-refractivity contribution in [1.82, 2.24) is 0 Å². The van der Waals surface area contributed by atoms with Gasteiger partial charge >= 0.3 is 8.56 Å². The summed E-state index contributed by atoms with van der Waals surface area (Å²) < 4.78 is 16.1. The van der Waals surface area contributed by atoms with Crippen LogP contribution < -0.4 is 0 Å². The predicted octanol–water partition coefficient (Wildman–Crippen LogP) is 0.502. The maximum atomic E-state index is 5.39. The highest BCUT2D eigenvalue weighted by Gasteiger charge is 2.59. The fourth-order valence-electron chi connectivity index (χ4n) is 1.65. The van der Waals surface area contributed by atoms with Crippen molar-refractivity contribution in [2.75, 3.05) is 14.2 Å². The minimum atomic E-state index is -1.72. The Hall–Kier alpha value is 0.0969. The quantitative estimate of drug-likeness (QED) is 0.435. The van der Waals surface area contributed by atoms with E-state index in [0.29, 0.717) is 12.2 Å². The molecule has 0 aliphatic carbocycles. The maximum Gasteiger partial charge on any atom is 0.343 e. The van der Waals surface area contributed by atoms with Gasteiger partial charge in [0.25, 0.3) is 0 Å². The summed E-state index contributed by atoms with van der Waals surface area (Å²) in [6.45, 7) is 0. The fraction of sp³-hybridized carbons (Fsp3) is 1.00.